The fourth-order valence-electron chi connectivity index (χ4n) is 3.61. The number of hydrogen-bond donors (Lipinski definition) is 0. The summed E-state index contributed by atoms with van der Waals surface area (Å²) in [6.45, 7) is 0. The lowest BCUT2D eigenvalue weighted by molar-refractivity contribution is -0.274. The lowest BCUT2D eigenvalue weighted by Gasteiger charge is -2.39. The van der Waals surface area contributed by atoms with Gasteiger partial charge in [0.2, 0.25) is 0 Å². The van der Waals surface area contributed by atoms with Gasteiger partial charge < -0.3 is 9.47 Å². The quantitative estimate of drug-likeness (QED) is 0.306. The van der Waals surface area contributed by atoms with Gasteiger partial charge in [-0.3, -0.25) is 0 Å². The second kappa shape index (κ2) is 9.74. The van der Waals surface area contributed by atoms with E-state index in [-0.39, 0.29) is 17.3 Å². The minimum absolute atomic E-state index is 0.216. The minimum Gasteiger partial charge on any atom is -0.406 e. The van der Waals surface area contributed by atoms with Gasteiger partial charge in [0.05, 0.1) is 5.60 Å². The molecule has 0 aromatic heterocycles. The van der Waals surface area contributed by atoms with Crippen LogP contribution in [-0.4, -0.2) is 19.1 Å². The van der Waals surface area contributed by atoms with Crippen molar-refractivity contribution in [1.29, 1.82) is 5.26 Å². The zero-order valence-corrected chi connectivity index (χ0v) is 15.6. The van der Waals surface area contributed by atoms with Crippen molar-refractivity contribution < 1.29 is 27.0 Å². The summed E-state index contributed by atoms with van der Waals surface area (Å²) in [5, 5.41) is 8.35. The van der Waals surface area contributed by atoms with Crippen molar-refractivity contribution >= 4 is 0 Å². The molecular formula is C21H23F4NO2. The van der Waals surface area contributed by atoms with Gasteiger partial charge in [-0.25, -0.2) is 0 Å². The summed E-state index contributed by atoms with van der Waals surface area (Å²) < 4.78 is 59.2. The Balaban J connectivity index is 1.88. The average molecular weight is 397 g/mol. The molecule has 0 atom stereocenters. The van der Waals surface area contributed by atoms with Crippen LogP contribution in [0.4, 0.5) is 17.6 Å². The van der Waals surface area contributed by atoms with Gasteiger partial charge in [-0.05, 0) is 68.2 Å². The van der Waals surface area contributed by atoms with E-state index in [1.807, 2.05) is 6.08 Å². The molecule has 0 radical (unpaired) electrons. The molecule has 1 aromatic carbocycles. The first kappa shape index (κ1) is 22.0. The van der Waals surface area contributed by atoms with E-state index >= 15 is 0 Å². The molecule has 0 spiro atoms. The number of nitriles is 1. The van der Waals surface area contributed by atoms with Gasteiger partial charge in [-0.1, -0.05) is 24.3 Å². The highest BCUT2D eigenvalue weighted by molar-refractivity contribution is 5.30. The second-order valence-electron chi connectivity index (χ2n) is 6.87. The molecule has 0 amide bonds. The number of halogens is 4. The van der Waals surface area contributed by atoms with Crippen molar-refractivity contribution in [2.24, 2.45) is 0 Å². The van der Waals surface area contributed by atoms with Gasteiger partial charge in [-0.15, -0.1) is 13.2 Å². The van der Waals surface area contributed by atoms with Crippen LogP contribution in [0.1, 0.15) is 50.0 Å². The fraction of sp³-hybridized carbons (Fsp3) is 0.476. The van der Waals surface area contributed by atoms with Crippen LogP contribution < -0.4 is 4.74 Å². The molecular weight excluding hydrogens is 374 g/mol. The van der Waals surface area contributed by atoms with E-state index in [1.54, 1.807) is 19.2 Å². The highest BCUT2D eigenvalue weighted by atomic mass is 19.4. The smallest absolute Gasteiger partial charge is 0.406 e. The van der Waals surface area contributed by atoms with Crippen LogP contribution in [0.5, 0.6) is 5.75 Å². The number of methoxy groups -OCH3 is 1. The molecule has 0 bridgehead atoms. The third-order valence-corrected chi connectivity index (χ3v) is 5.17. The Hall–Kier alpha value is -2.33. The van der Waals surface area contributed by atoms with Crippen molar-refractivity contribution in [3.8, 4) is 11.8 Å². The molecule has 152 valence electrons. The largest absolute Gasteiger partial charge is 0.573 e. The zero-order chi connectivity index (χ0) is 20.6. The monoisotopic (exact) mass is 397 g/mol. The summed E-state index contributed by atoms with van der Waals surface area (Å²) in [5.41, 5.74) is 0.744. The maximum Gasteiger partial charge on any atom is 0.573 e. The summed E-state index contributed by atoms with van der Waals surface area (Å²) in [6.07, 6.45) is 4.69. The standard InChI is InChI=1S/C21H23F4NO2/c1-27-20(12-4-2-3-5-18(22)15-26)13-10-17(11-14-20)16-6-8-19(9-7-16)28-21(23,24)25/h2-3,5-9,17H,4,10-14H2,1H3. The maximum absolute atomic E-state index is 12.7. The molecule has 7 heteroatoms. The zero-order valence-electron chi connectivity index (χ0n) is 15.6. The molecule has 1 saturated carbocycles. The number of rotatable bonds is 7. The Morgan fingerprint density at radius 3 is 2.43 bits per heavy atom. The van der Waals surface area contributed by atoms with Gasteiger partial charge in [0.15, 0.2) is 5.83 Å². The Labute approximate surface area is 162 Å². The van der Waals surface area contributed by atoms with Gasteiger partial charge in [-0.2, -0.15) is 9.65 Å². The number of alkyl halides is 3. The van der Waals surface area contributed by atoms with Gasteiger partial charge in [0, 0.05) is 7.11 Å². The number of nitrogens with zero attached hydrogens (tertiary/aromatic N) is 1. The molecule has 1 aliphatic carbocycles. The maximum atomic E-state index is 12.7. The van der Waals surface area contributed by atoms with Crippen LogP contribution >= 0.6 is 0 Å². The highest BCUT2D eigenvalue weighted by Gasteiger charge is 2.35. The first-order valence-electron chi connectivity index (χ1n) is 9.10. The molecule has 1 fully saturated rings. The third-order valence-electron chi connectivity index (χ3n) is 5.17. The van der Waals surface area contributed by atoms with Crippen LogP contribution in [-0.2, 0) is 4.74 Å². The Kier molecular flexibility index (Phi) is 7.64. The Morgan fingerprint density at radius 1 is 1.25 bits per heavy atom. The SMILES string of the molecule is COC1(CCC=CC=C(F)C#N)CCC(c2ccc(OC(F)(F)F)cc2)CC1. The van der Waals surface area contributed by atoms with Gasteiger partial charge in [0.1, 0.15) is 11.8 Å². The molecule has 0 N–H and O–H groups in total. The minimum atomic E-state index is -4.69. The third kappa shape index (κ3) is 6.68. The lowest BCUT2D eigenvalue weighted by Crippen LogP contribution is -2.35. The molecule has 0 saturated heterocycles. The van der Waals surface area contributed by atoms with Crippen molar-refractivity contribution in [2.45, 2.75) is 56.4 Å². The number of allylic oxidation sites excluding steroid dienone is 4. The molecule has 2 rings (SSSR count). The summed E-state index contributed by atoms with van der Waals surface area (Å²) in [5.74, 6) is -0.775. The summed E-state index contributed by atoms with van der Waals surface area (Å²) in [7, 11) is 1.68. The van der Waals surface area contributed by atoms with Gasteiger partial charge in [0.25, 0.3) is 0 Å². The summed E-state index contributed by atoms with van der Waals surface area (Å²) in [4.78, 5) is 0. The molecule has 0 unspecified atom stereocenters. The van der Waals surface area contributed by atoms with Crippen LogP contribution in [0.25, 0.3) is 0 Å². The molecule has 0 aliphatic heterocycles. The Morgan fingerprint density at radius 2 is 1.89 bits per heavy atom. The van der Waals surface area contributed by atoms with Crippen molar-refractivity contribution in [3.05, 3.63) is 53.9 Å². The predicted octanol–water partition coefficient (Wildman–Crippen LogP) is 6.34. The average Bonchev–Trinajstić information content (AvgIpc) is 2.67. The molecule has 3 nitrogen and oxygen atoms in total. The molecule has 1 aromatic rings. The number of benzene rings is 1. The summed E-state index contributed by atoms with van der Waals surface area (Å²) in [6, 6.07) is 7.48. The fourth-order valence-corrected chi connectivity index (χ4v) is 3.61. The Bertz CT molecular complexity index is 724. The van der Waals surface area contributed by atoms with Gasteiger partial charge >= 0.3 is 6.36 Å². The topological polar surface area (TPSA) is 42.2 Å². The van der Waals surface area contributed by atoms with Crippen LogP contribution in [0.15, 0.2) is 48.3 Å². The second-order valence-corrected chi connectivity index (χ2v) is 6.87. The van der Waals surface area contributed by atoms with Crippen LogP contribution in [0.3, 0.4) is 0 Å². The number of ether oxygens (including phenoxy) is 2. The van der Waals surface area contributed by atoms with E-state index < -0.39 is 12.2 Å². The predicted molar refractivity (Wildman–Crippen MR) is 97.3 cm³/mol. The van der Waals surface area contributed by atoms with E-state index in [0.717, 1.165) is 43.7 Å². The van der Waals surface area contributed by atoms with E-state index in [1.165, 1.54) is 24.3 Å². The normalized spacial score (nSPS) is 23.6. The van der Waals surface area contributed by atoms with E-state index in [2.05, 4.69) is 4.74 Å². The van der Waals surface area contributed by atoms with E-state index in [4.69, 9.17) is 10.00 Å². The first-order chi connectivity index (χ1) is 13.3. The van der Waals surface area contributed by atoms with Crippen LogP contribution in [0.2, 0.25) is 0 Å². The van der Waals surface area contributed by atoms with E-state index in [9.17, 15) is 17.6 Å². The first-order valence-corrected chi connectivity index (χ1v) is 9.10. The molecule has 0 heterocycles. The molecule has 28 heavy (non-hydrogen) atoms. The number of hydrogen-bond acceptors (Lipinski definition) is 3. The van der Waals surface area contributed by atoms with Crippen molar-refractivity contribution in [3.63, 3.8) is 0 Å². The van der Waals surface area contributed by atoms with Crippen LogP contribution in [0, 0.1) is 11.3 Å². The van der Waals surface area contributed by atoms with E-state index in [0.29, 0.717) is 6.42 Å². The molecule has 1 aliphatic rings. The van der Waals surface area contributed by atoms with Crippen molar-refractivity contribution in [1.82, 2.24) is 0 Å². The lowest BCUT2D eigenvalue weighted by atomic mass is 9.74. The van der Waals surface area contributed by atoms with Crippen molar-refractivity contribution in [2.75, 3.05) is 7.11 Å². The highest BCUT2D eigenvalue weighted by Crippen LogP contribution is 2.42. The summed E-state index contributed by atoms with van der Waals surface area (Å²) >= 11 is 0.